The van der Waals surface area contributed by atoms with Crippen LogP contribution in [0.3, 0.4) is 0 Å². The molecule has 5 rings (SSSR count). The maximum absolute atomic E-state index is 10.3. The number of ether oxygens (including phenoxy) is 1. The van der Waals surface area contributed by atoms with Crippen molar-refractivity contribution in [3.05, 3.63) is 64.7 Å². The van der Waals surface area contributed by atoms with Gasteiger partial charge in [0.2, 0.25) is 0 Å². The summed E-state index contributed by atoms with van der Waals surface area (Å²) < 4.78 is 6.49. The smallest absolute Gasteiger partial charge is 0.132 e. The third kappa shape index (κ3) is 2.05. The van der Waals surface area contributed by atoms with Crippen molar-refractivity contribution in [2.75, 3.05) is 0 Å². The highest BCUT2D eigenvalue weighted by atomic mass is 16.5. The van der Waals surface area contributed by atoms with Gasteiger partial charge in [-0.05, 0) is 72.3 Å². The summed E-state index contributed by atoms with van der Waals surface area (Å²) in [6.07, 6.45) is 4.18. The fourth-order valence-corrected chi connectivity index (χ4v) is 5.62. The SMILES string of the molecule is CC1(C)C2=C3[C@H]1CC[C@]3(C)Oc1cc(O)cc(CCc3ccccc3)c12. The van der Waals surface area contributed by atoms with Crippen LogP contribution in [-0.4, -0.2) is 10.7 Å². The first-order valence-electron chi connectivity index (χ1n) is 9.74. The van der Waals surface area contributed by atoms with Crippen LogP contribution in [0.15, 0.2) is 48.0 Å². The molecular formula is C24H26O2. The van der Waals surface area contributed by atoms with E-state index in [4.69, 9.17) is 4.74 Å². The van der Waals surface area contributed by atoms with Crippen LogP contribution in [0.1, 0.15) is 50.3 Å². The first-order chi connectivity index (χ1) is 12.4. The standard InChI is InChI=1S/C24H26O2/c1-23(2)18-11-12-24(3)21(18)22(23)20-16(13-17(25)14-19(20)26-24)10-9-15-7-5-4-6-8-15/h4-8,13-14,18,25H,9-12H2,1-3H3/t18-,24+/m1/s1. The lowest BCUT2D eigenvalue weighted by Crippen LogP contribution is -2.46. The fraction of sp³-hybridized carbons (Fsp3) is 0.417. The van der Waals surface area contributed by atoms with Gasteiger partial charge in [0.25, 0.3) is 0 Å². The van der Waals surface area contributed by atoms with Gasteiger partial charge in [0.05, 0.1) is 0 Å². The maximum Gasteiger partial charge on any atom is 0.132 e. The van der Waals surface area contributed by atoms with Gasteiger partial charge < -0.3 is 9.84 Å². The molecule has 2 heteroatoms. The second kappa shape index (κ2) is 5.16. The minimum absolute atomic E-state index is 0.174. The number of aromatic hydroxyl groups is 1. The van der Waals surface area contributed by atoms with Gasteiger partial charge in [0, 0.05) is 11.6 Å². The van der Waals surface area contributed by atoms with Gasteiger partial charge in [-0.3, -0.25) is 0 Å². The molecular weight excluding hydrogens is 320 g/mol. The minimum Gasteiger partial charge on any atom is -0.508 e. The van der Waals surface area contributed by atoms with Crippen LogP contribution >= 0.6 is 0 Å². The Balaban J connectivity index is 1.61. The van der Waals surface area contributed by atoms with Crippen molar-refractivity contribution in [2.24, 2.45) is 11.3 Å². The molecule has 2 aliphatic carbocycles. The van der Waals surface area contributed by atoms with E-state index in [2.05, 4.69) is 51.1 Å². The van der Waals surface area contributed by atoms with Crippen LogP contribution in [-0.2, 0) is 12.8 Å². The zero-order chi connectivity index (χ0) is 18.1. The Morgan fingerprint density at radius 2 is 1.85 bits per heavy atom. The van der Waals surface area contributed by atoms with E-state index >= 15 is 0 Å². The number of benzene rings is 2. The lowest BCUT2D eigenvalue weighted by molar-refractivity contribution is 0.117. The Morgan fingerprint density at radius 3 is 2.62 bits per heavy atom. The number of allylic oxidation sites excluding steroid dienone is 1. The van der Waals surface area contributed by atoms with Crippen LogP contribution in [0.25, 0.3) is 5.57 Å². The third-order valence-electron chi connectivity index (χ3n) is 6.89. The highest BCUT2D eigenvalue weighted by Gasteiger charge is 2.61. The highest BCUT2D eigenvalue weighted by molar-refractivity contribution is 5.88. The number of rotatable bonds is 3. The van der Waals surface area contributed by atoms with E-state index in [1.807, 2.05) is 12.1 Å². The van der Waals surface area contributed by atoms with E-state index in [1.165, 1.54) is 34.3 Å². The van der Waals surface area contributed by atoms with Crippen molar-refractivity contribution in [1.82, 2.24) is 0 Å². The molecule has 3 aliphatic rings. The number of hydrogen-bond acceptors (Lipinski definition) is 2. The van der Waals surface area contributed by atoms with Crippen molar-refractivity contribution in [3.8, 4) is 11.5 Å². The molecule has 2 atom stereocenters. The minimum atomic E-state index is -0.174. The molecule has 134 valence electrons. The summed E-state index contributed by atoms with van der Waals surface area (Å²) in [7, 11) is 0. The zero-order valence-electron chi connectivity index (χ0n) is 15.8. The predicted molar refractivity (Wildman–Crippen MR) is 104 cm³/mol. The zero-order valence-corrected chi connectivity index (χ0v) is 15.8. The number of phenolic OH excluding ortho intramolecular Hbond substituents is 1. The number of fused-ring (bicyclic) bond motifs is 2. The molecule has 0 aromatic heterocycles. The van der Waals surface area contributed by atoms with Crippen LogP contribution in [0, 0.1) is 11.3 Å². The van der Waals surface area contributed by atoms with Gasteiger partial charge in [0.15, 0.2) is 0 Å². The highest BCUT2D eigenvalue weighted by Crippen LogP contribution is 2.69. The molecule has 2 aromatic rings. The van der Waals surface area contributed by atoms with Crippen LogP contribution in [0.4, 0.5) is 0 Å². The van der Waals surface area contributed by atoms with Crippen LogP contribution in [0.5, 0.6) is 11.5 Å². The van der Waals surface area contributed by atoms with E-state index in [9.17, 15) is 5.11 Å². The molecule has 0 amide bonds. The normalized spacial score (nSPS) is 27.4. The molecule has 2 aromatic carbocycles. The molecule has 1 aliphatic heterocycles. The number of phenols is 1. The fourth-order valence-electron chi connectivity index (χ4n) is 5.62. The molecule has 1 heterocycles. The molecule has 2 nitrogen and oxygen atoms in total. The molecule has 0 radical (unpaired) electrons. The topological polar surface area (TPSA) is 29.5 Å². The van der Waals surface area contributed by atoms with Crippen molar-refractivity contribution >= 4 is 5.57 Å². The van der Waals surface area contributed by atoms with Gasteiger partial charge in [-0.15, -0.1) is 0 Å². The summed E-state index contributed by atoms with van der Waals surface area (Å²) >= 11 is 0. The number of aryl methyl sites for hydroxylation is 2. The molecule has 1 fully saturated rings. The summed E-state index contributed by atoms with van der Waals surface area (Å²) in [6.45, 7) is 6.99. The Labute approximate surface area is 155 Å². The quantitative estimate of drug-likeness (QED) is 0.791. The first-order valence-corrected chi connectivity index (χ1v) is 9.74. The van der Waals surface area contributed by atoms with Crippen molar-refractivity contribution in [1.29, 1.82) is 0 Å². The molecule has 0 spiro atoms. The van der Waals surface area contributed by atoms with Gasteiger partial charge in [-0.25, -0.2) is 0 Å². The Kier molecular flexibility index (Phi) is 3.17. The molecule has 0 unspecified atom stereocenters. The van der Waals surface area contributed by atoms with Crippen molar-refractivity contribution in [2.45, 2.75) is 52.1 Å². The second-order valence-corrected chi connectivity index (χ2v) is 8.90. The first kappa shape index (κ1) is 16.0. The van der Waals surface area contributed by atoms with E-state index in [1.54, 1.807) is 0 Å². The summed E-state index contributed by atoms with van der Waals surface area (Å²) in [5, 5.41) is 10.3. The van der Waals surface area contributed by atoms with Crippen molar-refractivity contribution < 1.29 is 9.84 Å². The van der Waals surface area contributed by atoms with Gasteiger partial charge >= 0.3 is 0 Å². The average molecular weight is 346 g/mol. The number of hydrogen-bond donors (Lipinski definition) is 1. The molecule has 1 saturated carbocycles. The summed E-state index contributed by atoms with van der Waals surface area (Å²) in [6, 6.07) is 14.3. The Bertz CT molecular complexity index is 923. The summed E-state index contributed by atoms with van der Waals surface area (Å²) in [5.41, 5.74) is 6.85. The molecule has 0 saturated heterocycles. The maximum atomic E-state index is 10.3. The molecule has 26 heavy (non-hydrogen) atoms. The lowest BCUT2D eigenvalue weighted by Gasteiger charge is -2.53. The van der Waals surface area contributed by atoms with Gasteiger partial charge in [0.1, 0.15) is 17.1 Å². The Morgan fingerprint density at radius 1 is 1.08 bits per heavy atom. The summed E-state index contributed by atoms with van der Waals surface area (Å²) in [4.78, 5) is 0. The largest absolute Gasteiger partial charge is 0.508 e. The van der Waals surface area contributed by atoms with Crippen LogP contribution in [0.2, 0.25) is 0 Å². The van der Waals surface area contributed by atoms with Crippen LogP contribution < -0.4 is 4.74 Å². The van der Waals surface area contributed by atoms with E-state index in [0.717, 1.165) is 25.0 Å². The van der Waals surface area contributed by atoms with Crippen molar-refractivity contribution in [3.63, 3.8) is 0 Å². The van der Waals surface area contributed by atoms with Gasteiger partial charge in [-0.2, -0.15) is 0 Å². The molecule has 1 N–H and O–H groups in total. The second-order valence-electron chi connectivity index (χ2n) is 8.90. The van der Waals surface area contributed by atoms with E-state index in [0.29, 0.717) is 11.7 Å². The lowest BCUT2D eigenvalue weighted by atomic mass is 9.54. The van der Waals surface area contributed by atoms with E-state index < -0.39 is 0 Å². The predicted octanol–water partition coefficient (Wildman–Crippen LogP) is 5.53. The molecule has 0 bridgehead atoms. The average Bonchev–Trinajstić information content (AvgIpc) is 2.94. The summed E-state index contributed by atoms with van der Waals surface area (Å²) in [5.74, 6) is 1.83. The monoisotopic (exact) mass is 346 g/mol. The Hall–Kier alpha value is -2.22. The third-order valence-corrected chi connectivity index (χ3v) is 6.89. The van der Waals surface area contributed by atoms with E-state index in [-0.39, 0.29) is 11.0 Å². The van der Waals surface area contributed by atoms with Gasteiger partial charge in [-0.1, -0.05) is 44.2 Å².